The molecule has 1 aliphatic heterocycles. The zero-order valence-electron chi connectivity index (χ0n) is 18.5. The molecule has 1 saturated heterocycles. The lowest BCUT2D eigenvalue weighted by atomic mass is 10.2. The average Bonchev–Trinajstić information content (AvgIpc) is 3.32. The Kier molecular flexibility index (Phi) is 7.74. The smallest absolute Gasteiger partial charge is 0.277 e. The van der Waals surface area contributed by atoms with Crippen LogP contribution in [0.15, 0.2) is 52.1 Å². The Hall–Kier alpha value is -2.75. The number of rotatable bonds is 8. The van der Waals surface area contributed by atoms with Gasteiger partial charge in [0.05, 0.1) is 20.0 Å². The number of hydrogen-bond acceptors (Lipinski definition) is 8. The highest BCUT2D eigenvalue weighted by molar-refractivity contribution is 7.99. The lowest BCUT2D eigenvalue weighted by molar-refractivity contribution is -0.130. The molecule has 10 heteroatoms. The quantitative estimate of drug-likeness (QED) is 0.442. The summed E-state index contributed by atoms with van der Waals surface area (Å²) >= 11 is 7.31. The number of amides is 1. The number of thioether (sulfide) groups is 1. The van der Waals surface area contributed by atoms with E-state index in [1.54, 1.807) is 32.4 Å². The first-order valence-corrected chi connectivity index (χ1v) is 11.8. The minimum absolute atomic E-state index is 0.0604. The van der Waals surface area contributed by atoms with Gasteiger partial charge >= 0.3 is 0 Å². The molecular weight excluding hydrogens is 464 g/mol. The van der Waals surface area contributed by atoms with Gasteiger partial charge in [0.25, 0.3) is 5.22 Å². The summed E-state index contributed by atoms with van der Waals surface area (Å²) in [6.07, 6.45) is 0. The number of ether oxygens (including phenoxy) is 2. The topological polar surface area (TPSA) is 80.9 Å². The van der Waals surface area contributed by atoms with Gasteiger partial charge < -0.3 is 18.8 Å². The van der Waals surface area contributed by atoms with Crippen LogP contribution in [0.1, 0.15) is 5.56 Å². The molecule has 4 rings (SSSR count). The summed E-state index contributed by atoms with van der Waals surface area (Å²) in [5.41, 5.74) is 1.87. The third-order valence-electron chi connectivity index (χ3n) is 5.34. The zero-order valence-corrected chi connectivity index (χ0v) is 20.1. The minimum atomic E-state index is 0.0604. The number of benzene rings is 2. The first-order valence-electron chi connectivity index (χ1n) is 10.5. The predicted molar refractivity (Wildman–Crippen MR) is 127 cm³/mol. The van der Waals surface area contributed by atoms with Gasteiger partial charge in [-0.15, -0.1) is 10.2 Å². The van der Waals surface area contributed by atoms with Crippen molar-refractivity contribution in [2.24, 2.45) is 0 Å². The third-order valence-corrected chi connectivity index (χ3v) is 6.38. The molecule has 1 amide bonds. The molecule has 2 heterocycles. The van der Waals surface area contributed by atoms with Gasteiger partial charge in [0.15, 0.2) is 0 Å². The summed E-state index contributed by atoms with van der Waals surface area (Å²) < 4.78 is 16.3. The average molecular weight is 489 g/mol. The molecule has 0 unspecified atom stereocenters. The molecule has 1 aliphatic rings. The van der Waals surface area contributed by atoms with Crippen molar-refractivity contribution in [3.05, 3.63) is 53.1 Å². The van der Waals surface area contributed by atoms with E-state index in [0.717, 1.165) is 24.7 Å². The van der Waals surface area contributed by atoms with Crippen LogP contribution in [0, 0.1) is 0 Å². The van der Waals surface area contributed by atoms with Gasteiger partial charge in [0, 0.05) is 49.4 Å². The van der Waals surface area contributed by atoms with Gasteiger partial charge in [-0.1, -0.05) is 35.5 Å². The molecule has 0 spiro atoms. The van der Waals surface area contributed by atoms with Crippen LogP contribution in [0.2, 0.25) is 5.02 Å². The van der Waals surface area contributed by atoms with Crippen molar-refractivity contribution < 1.29 is 18.7 Å². The van der Waals surface area contributed by atoms with Crippen molar-refractivity contribution >= 4 is 29.3 Å². The van der Waals surface area contributed by atoms with Crippen LogP contribution in [0.25, 0.3) is 11.5 Å². The number of carbonyl (C=O) groups is 1. The van der Waals surface area contributed by atoms with Gasteiger partial charge in [-0.2, -0.15) is 0 Å². The maximum absolute atomic E-state index is 12.7. The van der Waals surface area contributed by atoms with Crippen molar-refractivity contribution in [1.29, 1.82) is 0 Å². The van der Waals surface area contributed by atoms with Gasteiger partial charge in [0.1, 0.15) is 11.5 Å². The van der Waals surface area contributed by atoms with Crippen molar-refractivity contribution in [2.45, 2.75) is 11.8 Å². The minimum Gasteiger partial charge on any atom is -0.497 e. The second-order valence-corrected chi connectivity index (χ2v) is 8.91. The summed E-state index contributed by atoms with van der Waals surface area (Å²) in [6.45, 7) is 3.87. The van der Waals surface area contributed by atoms with E-state index in [2.05, 4.69) is 21.2 Å². The number of piperazine rings is 1. The summed E-state index contributed by atoms with van der Waals surface area (Å²) in [4.78, 5) is 16.9. The molecule has 3 aromatic rings. The molecule has 33 heavy (non-hydrogen) atoms. The molecule has 0 N–H and O–H groups in total. The summed E-state index contributed by atoms with van der Waals surface area (Å²) in [5.74, 6) is 1.90. The fourth-order valence-corrected chi connectivity index (χ4v) is 4.46. The molecule has 1 aromatic heterocycles. The Balaban J connectivity index is 1.27. The molecule has 0 radical (unpaired) electrons. The molecule has 2 aromatic carbocycles. The molecule has 1 fully saturated rings. The van der Waals surface area contributed by atoms with Crippen LogP contribution in [0.5, 0.6) is 11.5 Å². The van der Waals surface area contributed by atoms with Crippen molar-refractivity contribution in [1.82, 2.24) is 20.0 Å². The number of methoxy groups -OCH3 is 2. The number of carbonyl (C=O) groups excluding carboxylic acids is 1. The largest absolute Gasteiger partial charge is 0.497 e. The van der Waals surface area contributed by atoms with Gasteiger partial charge in [-0.05, 0) is 29.8 Å². The number of hydrogen-bond donors (Lipinski definition) is 0. The Morgan fingerprint density at radius 2 is 1.79 bits per heavy atom. The van der Waals surface area contributed by atoms with Crippen LogP contribution in [-0.4, -0.2) is 72.1 Å². The second kappa shape index (κ2) is 10.9. The summed E-state index contributed by atoms with van der Waals surface area (Å²) in [7, 11) is 3.16. The maximum atomic E-state index is 12.7. The van der Waals surface area contributed by atoms with E-state index in [4.69, 9.17) is 25.5 Å². The SMILES string of the molecule is COc1cc(OC)cc(-c2nnc(SCC(=O)N3CCN(Cc4cccc(Cl)c4)CC3)o2)c1. The predicted octanol–water partition coefficient (Wildman–Crippen LogP) is 3.84. The normalized spacial score (nSPS) is 14.3. The van der Waals surface area contributed by atoms with Crippen LogP contribution in [0.3, 0.4) is 0 Å². The van der Waals surface area contributed by atoms with E-state index in [1.165, 1.54) is 17.3 Å². The molecule has 0 saturated carbocycles. The summed E-state index contributed by atoms with van der Waals surface area (Å²) in [6, 6.07) is 13.2. The van der Waals surface area contributed by atoms with E-state index < -0.39 is 0 Å². The standard InChI is InChI=1S/C23H25ClN4O4S/c1-30-19-11-17(12-20(13-19)31-2)22-25-26-23(32-22)33-15-21(29)28-8-6-27(7-9-28)14-16-4-3-5-18(24)10-16/h3-5,10-13H,6-9,14-15H2,1-2H3. The van der Waals surface area contributed by atoms with E-state index >= 15 is 0 Å². The molecule has 0 aliphatic carbocycles. The Labute approximate surface area is 201 Å². The highest BCUT2D eigenvalue weighted by Crippen LogP contribution is 2.30. The van der Waals surface area contributed by atoms with E-state index in [1.807, 2.05) is 23.1 Å². The molecule has 0 atom stereocenters. The highest BCUT2D eigenvalue weighted by atomic mass is 35.5. The fourth-order valence-electron chi connectivity index (χ4n) is 3.58. The van der Waals surface area contributed by atoms with Crippen LogP contribution in [-0.2, 0) is 11.3 Å². The molecular formula is C23H25ClN4O4S. The molecule has 0 bridgehead atoms. The van der Waals surface area contributed by atoms with E-state index in [9.17, 15) is 4.79 Å². The van der Waals surface area contributed by atoms with Crippen LogP contribution >= 0.6 is 23.4 Å². The maximum Gasteiger partial charge on any atom is 0.277 e. The lowest BCUT2D eigenvalue weighted by Gasteiger charge is -2.34. The third kappa shape index (κ3) is 6.19. The van der Waals surface area contributed by atoms with Crippen molar-refractivity contribution in [2.75, 3.05) is 46.2 Å². The number of halogens is 1. The van der Waals surface area contributed by atoms with Crippen molar-refractivity contribution in [3.8, 4) is 23.0 Å². The van der Waals surface area contributed by atoms with Gasteiger partial charge in [-0.25, -0.2) is 0 Å². The first kappa shape index (κ1) is 23.4. The Morgan fingerprint density at radius 3 is 2.45 bits per heavy atom. The van der Waals surface area contributed by atoms with E-state index in [0.29, 0.717) is 41.3 Å². The molecule has 8 nitrogen and oxygen atoms in total. The lowest BCUT2D eigenvalue weighted by Crippen LogP contribution is -2.48. The zero-order chi connectivity index (χ0) is 23.2. The first-order chi connectivity index (χ1) is 16.0. The van der Waals surface area contributed by atoms with Crippen LogP contribution in [0.4, 0.5) is 0 Å². The second-order valence-electron chi connectivity index (χ2n) is 7.55. The summed E-state index contributed by atoms with van der Waals surface area (Å²) in [5, 5.41) is 9.25. The van der Waals surface area contributed by atoms with Gasteiger partial charge in [0.2, 0.25) is 11.8 Å². The monoisotopic (exact) mass is 488 g/mol. The fraction of sp³-hybridized carbons (Fsp3) is 0.348. The Morgan fingerprint density at radius 1 is 1.06 bits per heavy atom. The van der Waals surface area contributed by atoms with Crippen LogP contribution < -0.4 is 9.47 Å². The van der Waals surface area contributed by atoms with Gasteiger partial charge in [-0.3, -0.25) is 9.69 Å². The Bertz CT molecular complexity index is 1080. The molecule has 174 valence electrons. The number of nitrogens with zero attached hydrogens (tertiary/aromatic N) is 4. The van der Waals surface area contributed by atoms with E-state index in [-0.39, 0.29) is 11.7 Å². The van der Waals surface area contributed by atoms with Crippen molar-refractivity contribution in [3.63, 3.8) is 0 Å². The number of aromatic nitrogens is 2. The highest BCUT2D eigenvalue weighted by Gasteiger charge is 2.22.